The van der Waals surface area contributed by atoms with Crippen LogP contribution in [0.5, 0.6) is 0 Å². The molecule has 0 aliphatic rings. The predicted octanol–water partition coefficient (Wildman–Crippen LogP) is 3.13. The SMILES string of the molecule is C#CCCCCC(=O)Nc1nc2ccc(C(=O)O)cc2s1. The van der Waals surface area contributed by atoms with Crippen molar-refractivity contribution in [3.63, 3.8) is 0 Å². The third-order valence-electron chi connectivity index (χ3n) is 2.86. The van der Waals surface area contributed by atoms with Crippen molar-refractivity contribution in [1.29, 1.82) is 0 Å². The lowest BCUT2D eigenvalue weighted by Crippen LogP contribution is -2.10. The van der Waals surface area contributed by atoms with Crippen LogP contribution in [0.15, 0.2) is 18.2 Å². The standard InChI is InChI=1S/C15H14N2O3S/c1-2-3-4-5-6-13(18)17-15-16-11-8-7-10(14(19)20)9-12(11)21-15/h1,7-9H,3-6H2,(H,19,20)(H,16,17,18). The molecule has 21 heavy (non-hydrogen) atoms. The molecule has 0 aliphatic carbocycles. The van der Waals surface area contributed by atoms with E-state index in [0.29, 0.717) is 23.5 Å². The van der Waals surface area contributed by atoms with Gasteiger partial charge in [0.05, 0.1) is 15.8 Å². The van der Waals surface area contributed by atoms with Crippen LogP contribution in [0.2, 0.25) is 0 Å². The molecular weight excluding hydrogens is 288 g/mol. The fourth-order valence-corrected chi connectivity index (χ4v) is 2.73. The fraction of sp³-hybridized carbons (Fsp3) is 0.267. The summed E-state index contributed by atoms with van der Waals surface area (Å²) >= 11 is 1.26. The highest BCUT2D eigenvalue weighted by atomic mass is 32.1. The van der Waals surface area contributed by atoms with Gasteiger partial charge in [0, 0.05) is 12.8 Å². The van der Waals surface area contributed by atoms with Gasteiger partial charge in [-0.3, -0.25) is 4.79 Å². The molecule has 0 radical (unpaired) electrons. The normalized spacial score (nSPS) is 10.2. The lowest BCUT2D eigenvalue weighted by Gasteiger charge is -1.99. The Labute approximate surface area is 126 Å². The van der Waals surface area contributed by atoms with Crippen molar-refractivity contribution >= 4 is 38.6 Å². The van der Waals surface area contributed by atoms with Crippen LogP contribution in [0.4, 0.5) is 5.13 Å². The molecular formula is C15H14N2O3S. The zero-order valence-corrected chi connectivity index (χ0v) is 12.1. The van der Waals surface area contributed by atoms with Crippen LogP contribution in [0.3, 0.4) is 0 Å². The summed E-state index contributed by atoms with van der Waals surface area (Å²) in [5.74, 6) is 1.44. The zero-order valence-electron chi connectivity index (χ0n) is 11.3. The molecule has 0 unspecified atom stereocenters. The number of benzene rings is 1. The lowest BCUT2D eigenvalue weighted by atomic mass is 10.2. The second kappa shape index (κ2) is 6.86. The van der Waals surface area contributed by atoms with Crippen LogP contribution >= 0.6 is 11.3 Å². The quantitative estimate of drug-likeness (QED) is 0.634. The summed E-state index contributed by atoms with van der Waals surface area (Å²) in [7, 11) is 0. The van der Waals surface area contributed by atoms with Crippen molar-refractivity contribution < 1.29 is 14.7 Å². The summed E-state index contributed by atoms with van der Waals surface area (Å²) in [6.45, 7) is 0. The fourth-order valence-electron chi connectivity index (χ4n) is 1.81. The van der Waals surface area contributed by atoms with Gasteiger partial charge in [-0.15, -0.1) is 12.3 Å². The van der Waals surface area contributed by atoms with E-state index in [1.807, 2.05) is 0 Å². The minimum atomic E-state index is -0.982. The van der Waals surface area contributed by atoms with Gasteiger partial charge < -0.3 is 10.4 Å². The summed E-state index contributed by atoms with van der Waals surface area (Å²) in [6, 6.07) is 4.69. The maximum Gasteiger partial charge on any atom is 0.335 e. The van der Waals surface area contributed by atoms with Crippen molar-refractivity contribution in [3.8, 4) is 12.3 Å². The number of carbonyl (C=O) groups excluding carboxylic acids is 1. The molecule has 5 nitrogen and oxygen atoms in total. The summed E-state index contributed by atoms with van der Waals surface area (Å²) in [5.41, 5.74) is 0.881. The van der Waals surface area contributed by atoms with Crippen LogP contribution in [-0.4, -0.2) is 22.0 Å². The molecule has 1 heterocycles. The number of hydrogen-bond acceptors (Lipinski definition) is 4. The Kier molecular flexibility index (Phi) is 4.90. The van der Waals surface area contributed by atoms with Crippen LogP contribution in [0, 0.1) is 12.3 Å². The van der Waals surface area contributed by atoms with Crippen molar-refractivity contribution in [1.82, 2.24) is 4.98 Å². The molecule has 0 saturated heterocycles. The molecule has 0 atom stereocenters. The minimum absolute atomic E-state index is 0.107. The van der Waals surface area contributed by atoms with E-state index in [0.717, 1.165) is 17.5 Å². The average Bonchev–Trinajstić information content (AvgIpc) is 2.84. The number of fused-ring (bicyclic) bond motifs is 1. The molecule has 1 amide bonds. The Morgan fingerprint density at radius 2 is 2.19 bits per heavy atom. The van der Waals surface area contributed by atoms with Gasteiger partial charge >= 0.3 is 5.97 Å². The monoisotopic (exact) mass is 302 g/mol. The molecule has 0 saturated carbocycles. The first kappa shape index (κ1) is 15.0. The van der Waals surface area contributed by atoms with Gasteiger partial charge in [0.1, 0.15) is 0 Å². The van der Waals surface area contributed by atoms with Crippen LogP contribution in [0.1, 0.15) is 36.0 Å². The number of nitrogens with one attached hydrogen (secondary N) is 1. The molecule has 2 aromatic rings. The van der Waals surface area contributed by atoms with E-state index in [1.54, 1.807) is 12.1 Å². The first-order valence-electron chi connectivity index (χ1n) is 6.47. The number of hydrogen-bond donors (Lipinski definition) is 2. The van der Waals surface area contributed by atoms with Gasteiger partial charge in [-0.2, -0.15) is 0 Å². The maximum absolute atomic E-state index is 11.7. The van der Waals surface area contributed by atoms with E-state index in [4.69, 9.17) is 11.5 Å². The van der Waals surface area contributed by atoms with Crippen molar-refractivity contribution in [3.05, 3.63) is 23.8 Å². The van der Waals surface area contributed by atoms with Crippen LogP contribution in [0.25, 0.3) is 10.2 Å². The number of aromatic carboxylic acids is 1. The zero-order chi connectivity index (χ0) is 15.2. The molecule has 0 bridgehead atoms. The third kappa shape index (κ3) is 4.04. The van der Waals surface area contributed by atoms with E-state index in [2.05, 4.69) is 16.2 Å². The second-order valence-electron chi connectivity index (χ2n) is 4.47. The van der Waals surface area contributed by atoms with Gasteiger partial charge in [-0.05, 0) is 31.0 Å². The van der Waals surface area contributed by atoms with E-state index >= 15 is 0 Å². The maximum atomic E-state index is 11.7. The molecule has 0 aliphatic heterocycles. The van der Waals surface area contributed by atoms with E-state index < -0.39 is 5.97 Å². The van der Waals surface area contributed by atoms with E-state index in [9.17, 15) is 9.59 Å². The first-order chi connectivity index (χ1) is 10.1. The third-order valence-corrected chi connectivity index (χ3v) is 3.79. The molecule has 0 fully saturated rings. The Bertz CT molecular complexity index is 715. The number of anilines is 1. The number of terminal acetylenes is 1. The molecule has 2 rings (SSSR count). The second-order valence-corrected chi connectivity index (χ2v) is 5.50. The number of thiazole rings is 1. The highest BCUT2D eigenvalue weighted by Gasteiger charge is 2.10. The molecule has 108 valence electrons. The summed E-state index contributed by atoms with van der Waals surface area (Å²) in [5, 5.41) is 12.1. The van der Waals surface area contributed by atoms with Crippen molar-refractivity contribution in [2.24, 2.45) is 0 Å². The Morgan fingerprint density at radius 3 is 2.90 bits per heavy atom. The molecule has 6 heteroatoms. The number of carbonyl (C=O) groups is 2. The topological polar surface area (TPSA) is 79.3 Å². The molecule has 0 spiro atoms. The van der Waals surface area contributed by atoms with Gasteiger partial charge in [0.25, 0.3) is 0 Å². The Morgan fingerprint density at radius 1 is 1.38 bits per heavy atom. The molecule has 1 aromatic heterocycles. The van der Waals surface area contributed by atoms with Crippen molar-refractivity contribution in [2.75, 3.05) is 5.32 Å². The number of carboxylic acid groups (broad SMARTS) is 1. The van der Waals surface area contributed by atoms with Gasteiger partial charge in [0.2, 0.25) is 5.91 Å². The number of aromatic nitrogens is 1. The number of unbranched alkanes of at least 4 members (excludes halogenated alkanes) is 2. The number of carboxylic acids is 1. The smallest absolute Gasteiger partial charge is 0.335 e. The first-order valence-corrected chi connectivity index (χ1v) is 7.29. The Hall–Kier alpha value is -2.39. The largest absolute Gasteiger partial charge is 0.478 e. The van der Waals surface area contributed by atoms with Crippen LogP contribution in [-0.2, 0) is 4.79 Å². The van der Waals surface area contributed by atoms with Gasteiger partial charge in [-0.25, -0.2) is 9.78 Å². The lowest BCUT2D eigenvalue weighted by molar-refractivity contribution is -0.116. The van der Waals surface area contributed by atoms with Crippen LogP contribution < -0.4 is 5.32 Å². The Balaban J connectivity index is 2.01. The summed E-state index contributed by atoms with van der Waals surface area (Å²) < 4.78 is 0.734. The summed E-state index contributed by atoms with van der Waals surface area (Å²) in [6.07, 6.45) is 7.78. The highest BCUT2D eigenvalue weighted by Crippen LogP contribution is 2.27. The molecule has 2 N–H and O–H groups in total. The predicted molar refractivity (Wildman–Crippen MR) is 82.5 cm³/mol. The highest BCUT2D eigenvalue weighted by molar-refractivity contribution is 7.22. The van der Waals surface area contributed by atoms with E-state index in [1.165, 1.54) is 17.4 Å². The number of nitrogens with zero attached hydrogens (tertiary/aromatic N) is 1. The van der Waals surface area contributed by atoms with Gasteiger partial charge in [0.15, 0.2) is 5.13 Å². The van der Waals surface area contributed by atoms with Gasteiger partial charge in [-0.1, -0.05) is 11.3 Å². The van der Waals surface area contributed by atoms with Crippen molar-refractivity contribution in [2.45, 2.75) is 25.7 Å². The number of amides is 1. The molecule has 1 aromatic carbocycles. The number of rotatable bonds is 6. The van der Waals surface area contributed by atoms with E-state index in [-0.39, 0.29) is 11.5 Å². The average molecular weight is 302 g/mol. The minimum Gasteiger partial charge on any atom is -0.478 e. The summed E-state index contributed by atoms with van der Waals surface area (Å²) in [4.78, 5) is 26.9.